The lowest BCUT2D eigenvalue weighted by Gasteiger charge is -2.31. The van der Waals surface area contributed by atoms with Gasteiger partial charge in [0.05, 0.1) is 34.4 Å². The van der Waals surface area contributed by atoms with Crippen LogP contribution in [0, 0.1) is 0 Å². The van der Waals surface area contributed by atoms with Crippen LogP contribution in [0.4, 0.5) is 0 Å². The van der Waals surface area contributed by atoms with Crippen molar-refractivity contribution >= 4 is 17.9 Å². The molecule has 0 rings (SSSR count). The third kappa shape index (κ3) is 44.2. The van der Waals surface area contributed by atoms with E-state index in [1.54, 1.807) is 0 Å². The predicted octanol–water partition coefficient (Wildman–Crippen LogP) is 15.3. The van der Waals surface area contributed by atoms with Crippen LogP contribution in [-0.4, -0.2) is 80.6 Å². The van der Waals surface area contributed by atoms with Crippen molar-refractivity contribution in [3.8, 4) is 0 Å². The van der Waals surface area contributed by atoms with E-state index >= 15 is 0 Å². The normalized spacial score (nSPS) is 13.3. The van der Waals surface area contributed by atoms with Crippen LogP contribution in [-0.2, 0) is 28.6 Å². The number of carbonyl (C=O) groups excluding carboxylic acids is 2. The molecule has 0 aromatic rings. The Balaban J connectivity index is 4.23. The van der Waals surface area contributed by atoms with Gasteiger partial charge in [-0.2, -0.15) is 0 Å². The molecule has 0 saturated carbocycles. The zero-order valence-electron chi connectivity index (χ0n) is 42.2. The summed E-state index contributed by atoms with van der Waals surface area (Å²) in [6, 6.07) is -0.618. The number of quaternary nitrogens is 1. The van der Waals surface area contributed by atoms with Gasteiger partial charge in [-0.05, 0) is 70.6 Å². The van der Waals surface area contributed by atoms with Crippen molar-refractivity contribution < 1.29 is 38.2 Å². The summed E-state index contributed by atoms with van der Waals surface area (Å²) in [5.74, 6) is -1.47. The van der Waals surface area contributed by atoms with Crippen LogP contribution < -0.4 is 0 Å². The molecular formula is C56H100NO7+. The van der Waals surface area contributed by atoms with Crippen LogP contribution in [0.25, 0.3) is 0 Å². The first-order valence-electron chi connectivity index (χ1n) is 26.3. The highest BCUT2D eigenvalue weighted by molar-refractivity contribution is 5.72. The van der Waals surface area contributed by atoms with Gasteiger partial charge in [-0.25, -0.2) is 4.79 Å². The van der Waals surface area contributed by atoms with E-state index in [4.69, 9.17) is 14.2 Å². The van der Waals surface area contributed by atoms with E-state index in [1.165, 1.54) is 135 Å². The van der Waals surface area contributed by atoms with Crippen LogP contribution in [0.2, 0.25) is 0 Å². The summed E-state index contributed by atoms with van der Waals surface area (Å²) < 4.78 is 17.4. The summed E-state index contributed by atoms with van der Waals surface area (Å²) in [4.78, 5) is 37.2. The van der Waals surface area contributed by atoms with Crippen LogP contribution in [0.1, 0.15) is 226 Å². The number of ether oxygens (including phenoxy) is 3. The second-order valence-electron chi connectivity index (χ2n) is 18.8. The fourth-order valence-electron chi connectivity index (χ4n) is 7.63. The Bertz CT molecular complexity index is 1230. The Morgan fingerprint density at radius 2 is 0.922 bits per heavy atom. The van der Waals surface area contributed by atoms with Crippen molar-refractivity contribution in [1.29, 1.82) is 0 Å². The van der Waals surface area contributed by atoms with Crippen LogP contribution >= 0.6 is 0 Å². The number of unbranched alkanes of at least 4 members (excludes halogenated alkanes) is 24. The van der Waals surface area contributed by atoms with Crippen molar-refractivity contribution in [3.05, 3.63) is 60.8 Å². The summed E-state index contributed by atoms with van der Waals surface area (Å²) in [6.07, 6.45) is 58.4. The number of hydrogen-bond donors (Lipinski definition) is 1. The van der Waals surface area contributed by atoms with Gasteiger partial charge in [0.2, 0.25) is 0 Å². The number of aliphatic carboxylic acids is 1. The smallest absolute Gasteiger partial charge is 0.362 e. The highest BCUT2D eigenvalue weighted by Crippen LogP contribution is 2.15. The maximum absolute atomic E-state index is 12.8. The summed E-state index contributed by atoms with van der Waals surface area (Å²) in [5.41, 5.74) is 0. The van der Waals surface area contributed by atoms with Gasteiger partial charge in [0.15, 0.2) is 12.1 Å². The molecule has 0 aromatic heterocycles. The van der Waals surface area contributed by atoms with Crippen molar-refractivity contribution in [3.63, 3.8) is 0 Å². The Labute approximate surface area is 394 Å². The first kappa shape index (κ1) is 61.0. The lowest BCUT2D eigenvalue weighted by molar-refractivity contribution is -0.887. The highest BCUT2D eigenvalue weighted by Gasteiger charge is 2.31. The van der Waals surface area contributed by atoms with Gasteiger partial charge in [0, 0.05) is 19.3 Å². The van der Waals surface area contributed by atoms with E-state index in [9.17, 15) is 19.5 Å². The minimum atomic E-state index is -0.876. The van der Waals surface area contributed by atoms with Crippen molar-refractivity contribution in [2.45, 2.75) is 238 Å². The monoisotopic (exact) mass is 899 g/mol. The number of carboxylic acid groups (broad SMARTS) is 1. The molecule has 0 aromatic carbocycles. The maximum Gasteiger partial charge on any atom is 0.362 e. The number of nitrogens with zero attached hydrogens (tertiary/aromatic N) is 1. The van der Waals surface area contributed by atoms with E-state index in [0.29, 0.717) is 19.3 Å². The fourth-order valence-corrected chi connectivity index (χ4v) is 7.63. The quantitative estimate of drug-likeness (QED) is 0.0213. The molecule has 0 aliphatic carbocycles. The van der Waals surface area contributed by atoms with E-state index in [-0.39, 0.29) is 36.2 Å². The first-order valence-corrected chi connectivity index (χ1v) is 26.3. The molecule has 0 bridgehead atoms. The lowest BCUT2D eigenvalue weighted by Crippen LogP contribution is -2.50. The average Bonchev–Trinajstić information content (AvgIpc) is 3.26. The number of carbonyl (C=O) groups is 3. The molecule has 0 heterocycles. The molecule has 2 atom stereocenters. The molecule has 0 aliphatic heterocycles. The van der Waals surface area contributed by atoms with E-state index < -0.39 is 18.1 Å². The summed E-state index contributed by atoms with van der Waals surface area (Å²) in [7, 11) is 5.54. The molecule has 2 unspecified atom stereocenters. The summed E-state index contributed by atoms with van der Waals surface area (Å²) >= 11 is 0. The Morgan fingerprint density at radius 1 is 0.500 bits per heavy atom. The first-order chi connectivity index (χ1) is 31.1. The molecule has 8 heteroatoms. The summed E-state index contributed by atoms with van der Waals surface area (Å²) in [6.45, 7) is 4.62. The SMILES string of the molecule is CC/C=C/C/C=C/C/C=C/CCCCCCCCCCCCC(=O)OCC(COCCC(C(=O)O)[N+](C)(C)C)OC(=O)CCCCCCCCCCCC/C=C/C=C/CCCCCC. The van der Waals surface area contributed by atoms with E-state index in [2.05, 4.69) is 74.6 Å². The number of hydrogen-bond acceptors (Lipinski definition) is 6. The highest BCUT2D eigenvalue weighted by atomic mass is 16.6. The second kappa shape index (κ2) is 46.6. The number of rotatable bonds is 47. The van der Waals surface area contributed by atoms with Crippen molar-refractivity contribution in [2.75, 3.05) is 41.0 Å². The largest absolute Gasteiger partial charge is 0.477 e. The zero-order valence-corrected chi connectivity index (χ0v) is 42.2. The number of likely N-dealkylation sites (N-methyl/N-ethyl adjacent to an activating group) is 1. The van der Waals surface area contributed by atoms with Crippen molar-refractivity contribution in [1.82, 2.24) is 0 Å². The third-order valence-corrected chi connectivity index (χ3v) is 11.7. The van der Waals surface area contributed by atoms with Gasteiger partial charge >= 0.3 is 17.9 Å². The zero-order chi connectivity index (χ0) is 47.0. The van der Waals surface area contributed by atoms with Gasteiger partial charge < -0.3 is 23.8 Å². The van der Waals surface area contributed by atoms with Gasteiger partial charge in [-0.15, -0.1) is 0 Å². The minimum Gasteiger partial charge on any atom is -0.477 e. The number of carboxylic acids is 1. The van der Waals surface area contributed by atoms with Gasteiger partial charge in [0.1, 0.15) is 6.61 Å². The molecular weight excluding hydrogens is 799 g/mol. The Hall–Kier alpha value is -2.97. The minimum absolute atomic E-state index is 0.0552. The van der Waals surface area contributed by atoms with Gasteiger partial charge in [-0.3, -0.25) is 9.59 Å². The molecule has 0 fully saturated rings. The second-order valence-corrected chi connectivity index (χ2v) is 18.8. The van der Waals surface area contributed by atoms with Crippen LogP contribution in [0.15, 0.2) is 60.8 Å². The Morgan fingerprint density at radius 3 is 1.39 bits per heavy atom. The molecule has 0 spiro atoms. The third-order valence-electron chi connectivity index (χ3n) is 11.7. The fraction of sp³-hybridized carbons (Fsp3) is 0.768. The maximum atomic E-state index is 12.8. The molecule has 64 heavy (non-hydrogen) atoms. The Kier molecular flexibility index (Phi) is 44.4. The van der Waals surface area contributed by atoms with E-state index in [0.717, 1.165) is 57.8 Å². The molecule has 0 saturated heterocycles. The average molecular weight is 899 g/mol. The number of esters is 2. The molecule has 0 amide bonds. The standard InChI is InChI=1S/C56H99NO7/c1-6-8-10-12-14-16-18-20-22-24-26-28-30-32-34-36-38-40-42-44-46-54(58)63-51-52(50-62-49-48-53(56(60)61)57(3,4)5)64-55(59)47-45-43-41-39-37-35-33-31-29-27-25-23-21-19-17-15-13-11-9-7-2/h8,10,14,16-17,19-23,52-53H,6-7,9,11-13,15,18,24-51H2,1-5H3/p+1/b10-8+,16-14+,19-17+,22-20+,23-21+. The molecule has 1 N–H and O–H groups in total. The van der Waals surface area contributed by atoms with E-state index in [1.807, 2.05) is 21.1 Å². The number of allylic oxidation sites excluding steroid dienone is 10. The lowest BCUT2D eigenvalue weighted by atomic mass is 10.0. The van der Waals surface area contributed by atoms with Crippen LogP contribution in [0.5, 0.6) is 0 Å². The summed E-state index contributed by atoms with van der Waals surface area (Å²) in [5, 5.41) is 9.66. The van der Waals surface area contributed by atoms with Gasteiger partial charge in [-0.1, -0.05) is 197 Å². The van der Waals surface area contributed by atoms with Crippen molar-refractivity contribution in [2.24, 2.45) is 0 Å². The topological polar surface area (TPSA) is 99.1 Å². The molecule has 0 aliphatic rings. The van der Waals surface area contributed by atoms with Gasteiger partial charge in [0.25, 0.3) is 0 Å². The molecule has 8 nitrogen and oxygen atoms in total. The molecule has 0 radical (unpaired) electrons. The van der Waals surface area contributed by atoms with Crippen LogP contribution in [0.3, 0.4) is 0 Å². The predicted molar refractivity (Wildman–Crippen MR) is 271 cm³/mol. The molecule has 370 valence electrons.